The molecule has 3 N–H and O–H groups in total. The lowest BCUT2D eigenvalue weighted by Crippen LogP contribution is -2.37. The van der Waals surface area contributed by atoms with Crippen molar-refractivity contribution in [3.63, 3.8) is 0 Å². The number of carbonyl (C=O) groups is 2. The summed E-state index contributed by atoms with van der Waals surface area (Å²) in [6.07, 6.45) is 1.30. The van der Waals surface area contributed by atoms with E-state index in [9.17, 15) is 14.4 Å². The van der Waals surface area contributed by atoms with E-state index in [-0.39, 0.29) is 18.6 Å². The van der Waals surface area contributed by atoms with Gasteiger partial charge in [-0.3, -0.25) is 19.0 Å². The van der Waals surface area contributed by atoms with Crippen molar-refractivity contribution in [2.24, 2.45) is 5.73 Å². The fourth-order valence-electron chi connectivity index (χ4n) is 1.62. The Morgan fingerprint density at radius 2 is 2.05 bits per heavy atom. The van der Waals surface area contributed by atoms with E-state index < -0.39 is 11.8 Å². The van der Waals surface area contributed by atoms with Crippen molar-refractivity contribution in [3.8, 4) is 0 Å². The van der Waals surface area contributed by atoms with Gasteiger partial charge in [-0.15, -0.1) is 0 Å². The van der Waals surface area contributed by atoms with E-state index in [0.29, 0.717) is 10.9 Å². The van der Waals surface area contributed by atoms with Crippen LogP contribution in [0.1, 0.15) is 0 Å². The second kappa shape index (κ2) is 5.30. The number of amides is 2. The number of nitrogens with one attached hydrogen (secondary N) is 1. The summed E-state index contributed by atoms with van der Waals surface area (Å²) in [6.45, 7) is -0.460. The summed E-state index contributed by atoms with van der Waals surface area (Å²) in [7, 11) is 0. The number of primary amides is 1. The first kappa shape index (κ1) is 12.7. The maximum Gasteiger partial charge on any atom is 0.261 e. The first-order valence-electron chi connectivity index (χ1n) is 5.57. The Morgan fingerprint density at radius 3 is 2.79 bits per heavy atom. The summed E-state index contributed by atoms with van der Waals surface area (Å²) in [5.74, 6) is -1.12. The van der Waals surface area contributed by atoms with Gasteiger partial charge >= 0.3 is 0 Å². The van der Waals surface area contributed by atoms with Gasteiger partial charge in [0.2, 0.25) is 11.8 Å². The molecule has 0 spiro atoms. The van der Waals surface area contributed by atoms with Gasteiger partial charge in [-0.25, -0.2) is 4.98 Å². The van der Waals surface area contributed by atoms with E-state index >= 15 is 0 Å². The second-order valence-corrected chi connectivity index (χ2v) is 3.94. The van der Waals surface area contributed by atoms with Gasteiger partial charge in [0.1, 0.15) is 6.54 Å². The van der Waals surface area contributed by atoms with Gasteiger partial charge in [-0.2, -0.15) is 0 Å². The molecular weight excluding hydrogens is 248 g/mol. The minimum Gasteiger partial charge on any atom is -0.368 e. The third-order valence-corrected chi connectivity index (χ3v) is 2.51. The molecule has 0 aliphatic carbocycles. The minimum absolute atomic E-state index is 0.204. The van der Waals surface area contributed by atoms with Crippen molar-refractivity contribution in [1.29, 1.82) is 0 Å². The van der Waals surface area contributed by atoms with Crippen LogP contribution >= 0.6 is 0 Å². The molecule has 0 bridgehead atoms. The summed E-state index contributed by atoms with van der Waals surface area (Å²) in [5, 5.41) is 2.74. The average Bonchev–Trinajstić information content (AvgIpc) is 2.40. The predicted molar refractivity (Wildman–Crippen MR) is 68.2 cm³/mol. The standard InChI is InChI=1S/C12H12N4O3/c13-10(17)5-14-11(18)6-16-7-15-9-4-2-1-3-8(9)12(16)19/h1-4,7H,5-6H2,(H2,13,17)(H,14,18). The second-order valence-electron chi connectivity index (χ2n) is 3.94. The number of rotatable bonds is 4. The molecule has 0 radical (unpaired) electrons. The average molecular weight is 260 g/mol. The highest BCUT2D eigenvalue weighted by molar-refractivity contribution is 5.83. The summed E-state index contributed by atoms with van der Waals surface area (Å²) in [5.41, 5.74) is 5.17. The summed E-state index contributed by atoms with van der Waals surface area (Å²) in [4.78, 5) is 38.2. The van der Waals surface area contributed by atoms with Crippen LogP contribution in [0, 0.1) is 0 Å². The zero-order valence-corrected chi connectivity index (χ0v) is 10.00. The highest BCUT2D eigenvalue weighted by Gasteiger charge is 2.08. The number of hydrogen-bond acceptors (Lipinski definition) is 4. The van der Waals surface area contributed by atoms with Crippen LogP contribution in [-0.4, -0.2) is 27.9 Å². The molecule has 0 saturated carbocycles. The Bertz CT molecular complexity index is 693. The molecule has 2 aromatic rings. The van der Waals surface area contributed by atoms with E-state index in [1.54, 1.807) is 24.3 Å². The molecule has 19 heavy (non-hydrogen) atoms. The number of aromatic nitrogens is 2. The lowest BCUT2D eigenvalue weighted by molar-refractivity contribution is -0.125. The van der Waals surface area contributed by atoms with Crippen LogP contribution in [0.25, 0.3) is 10.9 Å². The molecule has 1 aromatic carbocycles. The molecule has 7 nitrogen and oxygen atoms in total. The van der Waals surface area contributed by atoms with E-state index in [1.165, 1.54) is 10.9 Å². The number of nitrogens with two attached hydrogens (primary N) is 1. The molecule has 0 unspecified atom stereocenters. The maximum atomic E-state index is 12.1. The maximum absolute atomic E-state index is 12.1. The smallest absolute Gasteiger partial charge is 0.261 e. The third-order valence-electron chi connectivity index (χ3n) is 2.51. The zero-order chi connectivity index (χ0) is 13.8. The van der Waals surface area contributed by atoms with Crippen LogP contribution in [0.3, 0.4) is 0 Å². The summed E-state index contributed by atoms with van der Waals surface area (Å²) < 4.78 is 1.18. The Labute approximate surface area is 108 Å². The van der Waals surface area contributed by atoms with Crippen LogP contribution in [-0.2, 0) is 16.1 Å². The van der Waals surface area contributed by atoms with E-state index in [2.05, 4.69) is 10.3 Å². The first-order valence-corrected chi connectivity index (χ1v) is 5.57. The van der Waals surface area contributed by atoms with Crippen LogP contribution in [0.5, 0.6) is 0 Å². The Balaban J connectivity index is 2.22. The van der Waals surface area contributed by atoms with Crippen molar-refractivity contribution >= 4 is 22.7 Å². The van der Waals surface area contributed by atoms with Gasteiger partial charge in [0.15, 0.2) is 0 Å². The molecule has 1 heterocycles. The Kier molecular flexibility index (Phi) is 3.56. The van der Waals surface area contributed by atoms with Crippen molar-refractivity contribution in [2.45, 2.75) is 6.54 Å². The molecule has 0 fully saturated rings. The molecule has 1 aromatic heterocycles. The van der Waals surface area contributed by atoms with Crippen molar-refractivity contribution < 1.29 is 9.59 Å². The third kappa shape index (κ3) is 2.95. The monoisotopic (exact) mass is 260 g/mol. The molecular formula is C12H12N4O3. The Morgan fingerprint density at radius 1 is 1.32 bits per heavy atom. The number of benzene rings is 1. The fraction of sp³-hybridized carbons (Fsp3) is 0.167. The van der Waals surface area contributed by atoms with Crippen LogP contribution in [0.15, 0.2) is 35.4 Å². The molecule has 0 saturated heterocycles. The van der Waals surface area contributed by atoms with Gasteiger partial charge in [0.05, 0.1) is 23.8 Å². The van der Waals surface area contributed by atoms with Crippen LogP contribution in [0.2, 0.25) is 0 Å². The highest BCUT2D eigenvalue weighted by atomic mass is 16.2. The SMILES string of the molecule is NC(=O)CNC(=O)Cn1cnc2ccccc2c1=O. The lowest BCUT2D eigenvalue weighted by Gasteiger charge is -2.06. The van der Waals surface area contributed by atoms with Gasteiger partial charge in [0.25, 0.3) is 5.56 Å². The van der Waals surface area contributed by atoms with Gasteiger partial charge in [-0.05, 0) is 12.1 Å². The molecule has 0 atom stereocenters. The molecule has 0 aliphatic rings. The number of para-hydroxylation sites is 1. The number of nitrogens with zero attached hydrogens (tertiary/aromatic N) is 2. The molecule has 2 rings (SSSR count). The van der Waals surface area contributed by atoms with Crippen LogP contribution in [0.4, 0.5) is 0 Å². The van der Waals surface area contributed by atoms with Crippen molar-refractivity contribution in [3.05, 3.63) is 40.9 Å². The number of fused-ring (bicyclic) bond motifs is 1. The van der Waals surface area contributed by atoms with Crippen LogP contribution < -0.4 is 16.6 Å². The lowest BCUT2D eigenvalue weighted by atomic mass is 10.2. The normalized spacial score (nSPS) is 10.3. The number of carbonyl (C=O) groups excluding carboxylic acids is 2. The zero-order valence-electron chi connectivity index (χ0n) is 10.00. The topological polar surface area (TPSA) is 107 Å². The highest BCUT2D eigenvalue weighted by Crippen LogP contribution is 2.04. The van der Waals surface area contributed by atoms with E-state index in [4.69, 9.17) is 5.73 Å². The first-order chi connectivity index (χ1) is 9.08. The minimum atomic E-state index is -0.641. The summed E-state index contributed by atoms with van der Waals surface area (Å²) >= 11 is 0. The largest absolute Gasteiger partial charge is 0.368 e. The van der Waals surface area contributed by atoms with Gasteiger partial charge in [-0.1, -0.05) is 12.1 Å². The van der Waals surface area contributed by atoms with Crippen molar-refractivity contribution in [2.75, 3.05) is 6.54 Å². The predicted octanol–water partition coefficient (Wildman–Crippen LogP) is -1.00. The van der Waals surface area contributed by atoms with E-state index in [0.717, 1.165) is 0 Å². The molecule has 7 heteroatoms. The van der Waals surface area contributed by atoms with Gasteiger partial charge < -0.3 is 11.1 Å². The summed E-state index contributed by atoms with van der Waals surface area (Å²) in [6, 6.07) is 6.86. The quantitative estimate of drug-likeness (QED) is 0.735. The molecule has 0 aliphatic heterocycles. The molecule has 98 valence electrons. The van der Waals surface area contributed by atoms with Gasteiger partial charge in [0, 0.05) is 0 Å². The Hall–Kier alpha value is -2.70. The van der Waals surface area contributed by atoms with Crippen molar-refractivity contribution in [1.82, 2.24) is 14.9 Å². The molecule has 2 amide bonds. The fourth-order valence-corrected chi connectivity index (χ4v) is 1.62. The number of hydrogen-bond donors (Lipinski definition) is 2. The van der Waals surface area contributed by atoms with E-state index in [1.807, 2.05) is 0 Å².